The van der Waals surface area contributed by atoms with Gasteiger partial charge in [-0.15, -0.1) is 0 Å². The molecule has 0 atom stereocenters. The Morgan fingerprint density at radius 3 is 1.12 bits per heavy atom. The molecule has 0 aromatic heterocycles. The fourth-order valence-electron chi connectivity index (χ4n) is 2.86. The van der Waals surface area contributed by atoms with E-state index in [2.05, 4.69) is 13.8 Å². The molecule has 0 spiro atoms. The van der Waals surface area contributed by atoms with Gasteiger partial charge in [0.25, 0.3) is 0 Å². The number of hydrogen-bond donors (Lipinski definition) is 0. The molecule has 0 aromatic rings. The molecule has 0 rings (SSSR count). The maximum atomic E-state index is 11.6. The van der Waals surface area contributed by atoms with Gasteiger partial charge in [0.1, 0.15) is 0 Å². The molecular weight excluding hydrogens is 300 g/mol. The molecule has 3 nitrogen and oxygen atoms in total. The molecule has 0 N–H and O–H groups in total. The van der Waals surface area contributed by atoms with Crippen molar-refractivity contribution in [3.8, 4) is 0 Å². The minimum atomic E-state index is -0.341. The Balaban J connectivity index is 3.34. The summed E-state index contributed by atoms with van der Waals surface area (Å²) in [6.45, 7) is 4.42. The first kappa shape index (κ1) is 23.1. The van der Waals surface area contributed by atoms with E-state index in [1.165, 1.54) is 70.6 Å². The molecule has 0 heterocycles. The van der Waals surface area contributed by atoms with Crippen LogP contribution in [0.25, 0.3) is 0 Å². The van der Waals surface area contributed by atoms with Gasteiger partial charge in [-0.05, 0) is 12.8 Å². The molecule has 0 fully saturated rings. The molecule has 0 saturated heterocycles. The Hall–Kier alpha value is -0.860. The lowest BCUT2D eigenvalue weighted by Crippen LogP contribution is -2.11. The highest BCUT2D eigenvalue weighted by Gasteiger charge is 2.09. The first-order chi connectivity index (χ1) is 11.7. The van der Waals surface area contributed by atoms with Crippen LogP contribution < -0.4 is 0 Å². The predicted molar refractivity (Wildman–Crippen MR) is 101 cm³/mol. The molecular formula is C21H40O3. The number of esters is 2. The van der Waals surface area contributed by atoms with Gasteiger partial charge in [-0.3, -0.25) is 9.59 Å². The largest absolute Gasteiger partial charge is 0.393 e. The number of rotatable bonds is 17. The average molecular weight is 341 g/mol. The molecule has 3 heteroatoms. The fraction of sp³-hybridized carbons (Fsp3) is 0.905. The zero-order valence-electron chi connectivity index (χ0n) is 16.2. The predicted octanol–water partition coefficient (Wildman–Crippen LogP) is 6.73. The summed E-state index contributed by atoms with van der Waals surface area (Å²) in [5.74, 6) is -0.680. The summed E-state index contributed by atoms with van der Waals surface area (Å²) in [6.07, 6.45) is 18.6. The van der Waals surface area contributed by atoms with Gasteiger partial charge < -0.3 is 4.74 Å². The molecule has 0 aliphatic heterocycles. The molecule has 142 valence electrons. The Kier molecular flexibility index (Phi) is 17.8. The quantitative estimate of drug-likeness (QED) is 0.167. The van der Waals surface area contributed by atoms with Crippen molar-refractivity contribution in [2.75, 3.05) is 0 Å². The van der Waals surface area contributed by atoms with Gasteiger partial charge in [-0.1, -0.05) is 97.3 Å². The van der Waals surface area contributed by atoms with Crippen molar-refractivity contribution in [2.45, 2.75) is 123 Å². The van der Waals surface area contributed by atoms with Crippen molar-refractivity contribution < 1.29 is 14.3 Å². The molecule has 0 aromatic carbocycles. The van der Waals surface area contributed by atoms with Crippen LogP contribution in [0.3, 0.4) is 0 Å². The molecule has 0 saturated carbocycles. The van der Waals surface area contributed by atoms with Crippen LogP contribution >= 0.6 is 0 Å². The molecule has 0 aliphatic carbocycles. The van der Waals surface area contributed by atoms with E-state index in [0.717, 1.165) is 25.7 Å². The lowest BCUT2D eigenvalue weighted by molar-refractivity contribution is -0.159. The molecule has 24 heavy (non-hydrogen) atoms. The van der Waals surface area contributed by atoms with Crippen molar-refractivity contribution in [1.82, 2.24) is 0 Å². The zero-order valence-corrected chi connectivity index (χ0v) is 16.2. The van der Waals surface area contributed by atoms with Crippen LogP contribution in [-0.2, 0) is 14.3 Å². The zero-order chi connectivity index (χ0) is 17.9. The normalized spacial score (nSPS) is 10.8. The average Bonchev–Trinajstić information content (AvgIpc) is 2.56. The molecule has 0 unspecified atom stereocenters. The monoisotopic (exact) mass is 340 g/mol. The second-order valence-electron chi connectivity index (χ2n) is 6.94. The smallest absolute Gasteiger partial charge is 0.313 e. The van der Waals surface area contributed by atoms with Gasteiger partial charge in [0.05, 0.1) is 0 Å². The van der Waals surface area contributed by atoms with Gasteiger partial charge in [0.2, 0.25) is 0 Å². The summed E-state index contributed by atoms with van der Waals surface area (Å²) in [7, 11) is 0. The first-order valence-electron chi connectivity index (χ1n) is 10.4. The minimum absolute atomic E-state index is 0.339. The molecule has 0 aliphatic rings. The topological polar surface area (TPSA) is 43.4 Å². The first-order valence-corrected chi connectivity index (χ1v) is 10.4. The maximum Gasteiger partial charge on any atom is 0.313 e. The Labute approximate surface area is 149 Å². The summed E-state index contributed by atoms with van der Waals surface area (Å²) in [5, 5.41) is 0. The van der Waals surface area contributed by atoms with E-state index in [4.69, 9.17) is 4.74 Å². The van der Waals surface area contributed by atoms with Crippen molar-refractivity contribution in [3.63, 3.8) is 0 Å². The number of carbonyl (C=O) groups is 2. The van der Waals surface area contributed by atoms with E-state index < -0.39 is 0 Å². The Morgan fingerprint density at radius 1 is 0.500 bits per heavy atom. The Bertz CT molecular complexity index is 299. The van der Waals surface area contributed by atoms with Crippen LogP contribution in [0.15, 0.2) is 0 Å². The van der Waals surface area contributed by atoms with E-state index in [0.29, 0.717) is 12.8 Å². The van der Waals surface area contributed by atoms with Crippen LogP contribution in [0.5, 0.6) is 0 Å². The summed E-state index contributed by atoms with van der Waals surface area (Å²) in [6, 6.07) is 0. The van der Waals surface area contributed by atoms with Crippen LogP contribution in [0.4, 0.5) is 0 Å². The summed E-state index contributed by atoms with van der Waals surface area (Å²) in [5.41, 5.74) is 0. The summed E-state index contributed by atoms with van der Waals surface area (Å²) < 4.78 is 4.87. The van der Waals surface area contributed by atoms with E-state index in [-0.39, 0.29) is 11.9 Å². The van der Waals surface area contributed by atoms with Gasteiger partial charge >= 0.3 is 11.9 Å². The SMILES string of the molecule is CCCCCCCCCCCC(=O)OC(=O)CCCCCCCC. The second-order valence-corrected chi connectivity index (χ2v) is 6.94. The van der Waals surface area contributed by atoms with Crippen molar-refractivity contribution in [1.29, 1.82) is 0 Å². The summed E-state index contributed by atoms with van der Waals surface area (Å²) in [4.78, 5) is 23.2. The lowest BCUT2D eigenvalue weighted by atomic mass is 10.1. The van der Waals surface area contributed by atoms with Gasteiger partial charge in [-0.25, -0.2) is 0 Å². The third kappa shape index (κ3) is 17.5. The standard InChI is InChI=1S/C21H40O3/c1-3-5-7-9-11-12-13-15-17-19-21(23)24-20(22)18-16-14-10-8-6-4-2/h3-19H2,1-2H3. The van der Waals surface area contributed by atoms with Crippen LogP contribution in [0, 0.1) is 0 Å². The van der Waals surface area contributed by atoms with Gasteiger partial charge in [-0.2, -0.15) is 0 Å². The van der Waals surface area contributed by atoms with Crippen molar-refractivity contribution in [2.24, 2.45) is 0 Å². The van der Waals surface area contributed by atoms with Gasteiger partial charge in [0, 0.05) is 12.8 Å². The highest BCUT2D eigenvalue weighted by atomic mass is 16.6. The third-order valence-corrected chi connectivity index (χ3v) is 4.45. The van der Waals surface area contributed by atoms with Crippen molar-refractivity contribution in [3.05, 3.63) is 0 Å². The third-order valence-electron chi connectivity index (χ3n) is 4.45. The van der Waals surface area contributed by atoms with E-state index >= 15 is 0 Å². The number of unbranched alkanes of at least 4 members (excludes halogenated alkanes) is 13. The molecule has 0 amide bonds. The van der Waals surface area contributed by atoms with E-state index in [9.17, 15) is 9.59 Å². The van der Waals surface area contributed by atoms with Gasteiger partial charge in [0.15, 0.2) is 0 Å². The second kappa shape index (κ2) is 18.5. The fourth-order valence-corrected chi connectivity index (χ4v) is 2.86. The van der Waals surface area contributed by atoms with Crippen LogP contribution in [-0.4, -0.2) is 11.9 Å². The lowest BCUT2D eigenvalue weighted by Gasteiger charge is -2.04. The number of hydrogen-bond acceptors (Lipinski definition) is 3. The minimum Gasteiger partial charge on any atom is -0.393 e. The Morgan fingerprint density at radius 2 is 0.792 bits per heavy atom. The number of carbonyl (C=O) groups excluding carboxylic acids is 2. The van der Waals surface area contributed by atoms with Crippen LogP contribution in [0.2, 0.25) is 0 Å². The molecule has 0 bridgehead atoms. The highest BCUT2D eigenvalue weighted by molar-refractivity contribution is 5.85. The molecule has 0 radical (unpaired) electrons. The summed E-state index contributed by atoms with van der Waals surface area (Å²) >= 11 is 0. The maximum absolute atomic E-state index is 11.6. The van der Waals surface area contributed by atoms with Crippen molar-refractivity contribution >= 4 is 11.9 Å². The van der Waals surface area contributed by atoms with E-state index in [1.807, 2.05) is 0 Å². The van der Waals surface area contributed by atoms with E-state index in [1.54, 1.807) is 0 Å². The highest BCUT2D eigenvalue weighted by Crippen LogP contribution is 2.11. The number of ether oxygens (including phenoxy) is 1. The van der Waals surface area contributed by atoms with Crippen LogP contribution in [0.1, 0.15) is 123 Å².